The molecule has 0 saturated carbocycles. The summed E-state index contributed by atoms with van der Waals surface area (Å²) in [5.74, 6) is -0.343. The molecular formula is C27H27F4N3O3S. The maximum atomic E-state index is 13.5. The molecule has 2 heterocycles. The summed E-state index contributed by atoms with van der Waals surface area (Å²) in [6.45, 7) is 3.23. The van der Waals surface area contributed by atoms with Gasteiger partial charge in [0, 0.05) is 31.7 Å². The number of alkyl halides is 3. The fourth-order valence-corrected chi connectivity index (χ4v) is 6.86. The topological polar surface area (TPSA) is 64.4 Å². The van der Waals surface area contributed by atoms with Crippen molar-refractivity contribution in [2.24, 2.45) is 5.41 Å². The Hall–Kier alpha value is -3.02. The minimum Gasteiger partial charge on any atom is -0.382 e. The third kappa shape index (κ3) is 4.90. The molecule has 6 nitrogen and oxygen atoms in total. The Morgan fingerprint density at radius 1 is 1.08 bits per heavy atom. The van der Waals surface area contributed by atoms with Crippen molar-refractivity contribution in [1.82, 2.24) is 14.1 Å². The zero-order valence-corrected chi connectivity index (χ0v) is 21.5. The van der Waals surface area contributed by atoms with E-state index in [1.165, 1.54) is 16.4 Å². The van der Waals surface area contributed by atoms with Crippen LogP contribution in [0.15, 0.2) is 65.2 Å². The van der Waals surface area contributed by atoms with Gasteiger partial charge in [0.1, 0.15) is 5.82 Å². The van der Waals surface area contributed by atoms with Crippen molar-refractivity contribution in [2.75, 3.05) is 26.3 Å². The highest BCUT2D eigenvalue weighted by molar-refractivity contribution is 7.89. The van der Waals surface area contributed by atoms with Crippen LogP contribution in [0.25, 0.3) is 11.8 Å². The van der Waals surface area contributed by atoms with Crippen LogP contribution < -0.4 is 0 Å². The van der Waals surface area contributed by atoms with Gasteiger partial charge in [-0.2, -0.15) is 22.6 Å². The van der Waals surface area contributed by atoms with E-state index in [9.17, 15) is 26.0 Å². The second-order valence-corrected chi connectivity index (χ2v) is 11.6. The van der Waals surface area contributed by atoms with Crippen LogP contribution in [0.3, 0.4) is 0 Å². The number of rotatable bonds is 7. The van der Waals surface area contributed by atoms with Crippen LogP contribution in [0.4, 0.5) is 17.6 Å². The summed E-state index contributed by atoms with van der Waals surface area (Å²) in [5, 5.41) is 4.52. The SMILES string of the molecule is CCOCC[C@]12Cc3cnn(-c4ccc(F)cc4)c3C=C1CCN(S(=O)(=O)c1ccc(C(F)(F)F)cc1)C2. The molecule has 2 aromatic carbocycles. The van der Waals surface area contributed by atoms with Gasteiger partial charge in [0.2, 0.25) is 10.0 Å². The molecule has 1 atom stereocenters. The quantitative estimate of drug-likeness (QED) is 0.289. The first-order valence-corrected chi connectivity index (χ1v) is 13.8. The number of benzene rings is 2. The van der Waals surface area contributed by atoms with E-state index in [1.54, 1.807) is 23.0 Å². The van der Waals surface area contributed by atoms with Gasteiger partial charge in [0.15, 0.2) is 0 Å². The lowest BCUT2D eigenvalue weighted by molar-refractivity contribution is -0.137. The van der Waals surface area contributed by atoms with Gasteiger partial charge in [-0.1, -0.05) is 5.57 Å². The van der Waals surface area contributed by atoms with Gasteiger partial charge < -0.3 is 4.74 Å². The summed E-state index contributed by atoms with van der Waals surface area (Å²) in [4.78, 5) is -0.168. The molecule has 1 fully saturated rings. The number of piperidine rings is 1. The summed E-state index contributed by atoms with van der Waals surface area (Å²) >= 11 is 0. The highest BCUT2D eigenvalue weighted by atomic mass is 32.2. The van der Waals surface area contributed by atoms with Crippen molar-refractivity contribution in [3.63, 3.8) is 0 Å². The first-order chi connectivity index (χ1) is 18.0. The average Bonchev–Trinajstić information content (AvgIpc) is 3.29. The molecule has 38 heavy (non-hydrogen) atoms. The highest BCUT2D eigenvalue weighted by Crippen LogP contribution is 2.47. The Kier molecular flexibility index (Phi) is 6.95. The smallest absolute Gasteiger partial charge is 0.382 e. The number of fused-ring (bicyclic) bond motifs is 2. The van der Waals surface area contributed by atoms with Gasteiger partial charge >= 0.3 is 6.18 Å². The van der Waals surface area contributed by atoms with Crippen molar-refractivity contribution in [3.8, 4) is 5.69 Å². The van der Waals surface area contributed by atoms with Crippen LogP contribution in [-0.4, -0.2) is 48.8 Å². The summed E-state index contributed by atoms with van der Waals surface area (Å²) < 4.78 is 88.2. The lowest BCUT2D eigenvalue weighted by Crippen LogP contribution is -2.49. The maximum Gasteiger partial charge on any atom is 0.416 e. The van der Waals surface area contributed by atoms with E-state index in [-0.39, 0.29) is 23.8 Å². The minimum absolute atomic E-state index is 0.168. The van der Waals surface area contributed by atoms with E-state index in [4.69, 9.17) is 4.74 Å². The van der Waals surface area contributed by atoms with Gasteiger partial charge in [-0.3, -0.25) is 0 Å². The number of aromatic nitrogens is 2. The average molecular weight is 550 g/mol. The summed E-state index contributed by atoms with van der Waals surface area (Å²) in [6, 6.07) is 9.67. The molecule has 0 spiro atoms. The molecule has 3 aromatic rings. The van der Waals surface area contributed by atoms with Gasteiger partial charge in [-0.25, -0.2) is 17.5 Å². The summed E-state index contributed by atoms with van der Waals surface area (Å²) in [5.41, 5.74) is 2.16. The Labute approximate surface area is 218 Å². The Morgan fingerprint density at radius 2 is 1.79 bits per heavy atom. The lowest BCUT2D eigenvalue weighted by Gasteiger charge is -2.46. The summed E-state index contributed by atoms with van der Waals surface area (Å²) in [7, 11) is -4.02. The second kappa shape index (κ2) is 9.94. The third-order valence-electron chi connectivity index (χ3n) is 7.34. The Balaban J connectivity index is 1.47. The monoisotopic (exact) mass is 549 g/mol. The van der Waals surface area contributed by atoms with Crippen molar-refractivity contribution in [1.29, 1.82) is 0 Å². The fourth-order valence-electron chi connectivity index (χ4n) is 5.33. The molecule has 0 unspecified atom stereocenters. The number of ether oxygens (including phenoxy) is 1. The number of halogens is 4. The van der Waals surface area contributed by atoms with E-state index in [1.807, 2.05) is 13.0 Å². The molecule has 0 amide bonds. The minimum atomic E-state index is -4.55. The summed E-state index contributed by atoms with van der Waals surface area (Å²) in [6.07, 6.45) is 0.809. The van der Waals surface area contributed by atoms with E-state index < -0.39 is 27.2 Å². The number of sulfonamides is 1. The van der Waals surface area contributed by atoms with Crippen LogP contribution >= 0.6 is 0 Å². The van der Waals surface area contributed by atoms with E-state index in [0.29, 0.717) is 38.2 Å². The van der Waals surface area contributed by atoms with E-state index >= 15 is 0 Å². The van der Waals surface area contributed by atoms with Crippen molar-refractivity contribution >= 4 is 16.1 Å². The van der Waals surface area contributed by atoms with Crippen LogP contribution in [-0.2, 0) is 27.4 Å². The van der Waals surface area contributed by atoms with Crippen LogP contribution in [0.5, 0.6) is 0 Å². The van der Waals surface area contributed by atoms with Gasteiger partial charge in [-0.15, -0.1) is 0 Å². The predicted octanol–water partition coefficient (Wildman–Crippen LogP) is 5.48. The van der Waals surface area contributed by atoms with Gasteiger partial charge in [-0.05, 0) is 86.4 Å². The van der Waals surface area contributed by atoms with Crippen LogP contribution in [0.1, 0.15) is 36.6 Å². The molecular weight excluding hydrogens is 522 g/mol. The van der Waals surface area contributed by atoms with E-state index in [2.05, 4.69) is 5.10 Å². The van der Waals surface area contributed by atoms with Crippen molar-refractivity contribution in [3.05, 3.63) is 82.9 Å². The molecule has 11 heteroatoms. The second-order valence-electron chi connectivity index (χ2n) is 9.63. The molecule has 1 saturated heterocycles. The van der Waals surface area contributed by atoms with Crippen LogP contribution in [0, 0.1) is 11.2 Å². The van der Waals surface area contributed by atoms with Crippen LogP contribution in [0.2, 0.25) is 0 Å². The number of hydrogen-bond acceptors (Lipinski definition) is 4. The molecule has 1 aliphatic heterocycles. The third-order valence-corrected chi connectivity index (χ3v) is 9.20. The largest absolute Gasteiger partial charge is 0.416 e. The zero-order chi connectivity index (χ0) is 27.1. The standard InChI is InChI=1S/C27H27F4N3O3S/c1-2-37-14-12-26-16-19-17-32-34(23-7-5-22(28)6-8-23)25(19)15-21(26)11-13-33(18-26)38(35,36)24-9-3-20(4-10-24)27(29,30)31/h3-10,15,17H,2,11-14,16,18H2,1H3/t26-/m1/s1. The Morgan fingerprint density at radius 3 is 2.45 bits per heavy atom. The van der Waals surface area contributed by atoms with Crippen molar-refractivity contribution < 1.29 is 30.7 Å². The predicted molar refractivity (Wildman–Crippen MR) is 134 cm³/mol. The zero-order valence-electron chi connectivity index (χ0n) is 20.7. The van der Waals surface area contributed by atoms with Crippen molar-refractivity contribution in [2.45, 2.75) is 37.3 Å². The molecule has 0 N–H and O–H groups in total. The highest BCUT2D eigenvalue weighted by Gasteiger charge is 2.46. The molecule has 1 aliphatic carbocycles. The number of hydrogen-bond donors (Lipinski definition) is 0. The molecule has 1 aromatic heterocycles. The fraction of sp³-hybridized carbons (Fsp3) is 0.370. The molecule has 5 rings (SSSR count). The molecule has 2 aliphatic rings. The molecule has 202 valence electrons. The van der Waals surface area contributed by atoms with E-state index in [0.717, 1.165) is 41.1 Å². The maximum absolute atomic E-state index is 13.5. The molecule has 0 bridgehead atoms. The normalized spacial score (nSPS) is 20.1. The van der Waals surface area contributed by atoms with Gasteiger partial charge in [0.05, 0.1) is 28.0 Å². The Bertz CT molecular complexity index is 1450. The first kappa shape index (κ1) is 26.6. The van der Waals surface area contributed by atoms with Gasteiger partial charge in [0.25, 0.3) is 0 Å². The molecule has 0 radical (unpaired) electrons. The first-order valence-electron chi connectivity index (χ1n) is 12.3. The lowest BCUT2D eigenvalue weighted by atomic mass is 9.67. The number of nitrogens with zero attached hydrogens (tertiary/aromatic N) is 3.